The van der Waals surface area contributed by atoms with Crippen molar-refractivity contribution in [1.82, 2.24) is 0 Å². The molecule has 0 spiro atoms. The summed E-state index contributed by atoms with van der Waals surface area (Å²) in [6.45, 7) is -0.727. The number of halogens is 3. The van der Waals surface area contributed by atoms with Gasteiger partial charge in [-0.2, -0.15) is 0 Å². The number of carbonyl (C=O) groups excluding carboxylic acids is 2. The standard InChI is InChI=1S/C24H21Cl2FN2O7S/c1-34-21-9-6-16(12-22(21)35-2)37(32,33)29(15-5-8-20(27)19(26)11-15)13-23(30)28-14-4-7-18(25)17(10-14)24(31)36-3/h4-12H,13H2,1-3H3,(H,28,30). The summed E-state index contributed by atoms with van der Waals surface area (Å²) in [5.41, 5.74) is 0.0974. The Labute approximate surface area is 222 Å². The van der Waals surface area contributed by atoms with Gasteiger partial charge in [0.1, 0.15) is 12.4 Å². The number of esters is 1. The Morgan fingerprint density at radius 1 is 0.919 bits per heavy atom. The van der Waals surface area contributed by atoms with Crippen LogP contribution in [0.3, 0.4) is 0 Å². The van der Waals surface area contributed by atoms with Gasteiger partial charge in [0, 0.05) is 11.8 Å². The number of nitrogens with one attached hydrogen (secondary N) is 1. The van der Waals surface area contributed by atoms with Gasteiger partial charge in [-0.3, -0.25) is 9.10 Å². The van der Waals surface area contributed by atoms with Crippen molar-refractivity contribution in [1.29, 1.82) is 0 Å². The molecule has 0 aliphatic carbocycles. The average molecular weight is 571 g/mol. The van der Waals surface area contributed by atoms with E-state index in [0.717, 1.165) is 16.4 Å². The van der Waals surface area contributed by atoms with Crippen LogP contribution in [0.5, 0.6) is 11.5 Å². The Balaban J connectivity index is 2.01. The van der Waals surface area contributed by atoms with E-state index in [4.69, 9.17) is 32.7 Å². The molecule has 0 aliphatic heterocycles. The van der Waals surface area contributed by atoms with Gasteiger partial charge in [0.2, 0.25) is 5.91 Å². The van der Waals surface area contributed by atoms with Crippen molar-refractivity contribution >= 4 is 56.5 Å². The summed E-state index contributed by atoms with van der Waals surface area (Å²) in [6, 6.07) is 11.2. The van der Waals surface area contributed by atoms with Crippen LogP contribution in [-0.4, -0.2) is 48.2 Å². The predicted molar refractivity (Wildman–Crippen MR) is 137 cm³/mol. The third kappa shape index (κ3) is 6.24. The lowest BCUT2D eigenvalue weighted by molar-refractivity contribution is -0.114. The van der Waals surface area contributed by atoms with Crippen LogP contribution in [0.15, 0.2) is 59.5 Å². The van der Waals surface area contributed by atoms with Crippen molar-refractivity contribution in [2.45, 2.75) is 4.90 Å². The van der Waals surface area contributed by atoms with Gasteiger partial charge in [-0.15, -0.1) is 0 Å². The van der Waals surface area contributed by atoms with E-state index in [-0.39, 0.29) is 37.6 Å². The van der Waals surface area contributed by atoms with Gasteiger partial charge in [-0.1, -0.05) is 23.2 Å². The van der Waals surface area contributed by atoms with Crippen LogP contribution in [-0.2, 0) is 19.6 Å². The Morgan fingerprint density at radius 3 is 2.24 bits per heavy atom. The molecule has 0 radical (unpaired) electrons. The minimum atomic E-state index is -4.40. The molecule has 0 unspecified atom stereocenters. The molecule has 13 heteroatoms. The molecule has 0 heterocycles. The zero-order chi connectivity index (χ0) is 27.3. The number of rotatable bonds is 9. The Hall–Kier alpha value is -3.54. The fourth-order valence-electron chi connectivity index (χ4n) is 3.26. The van der Waals surface area contributed by atoms with Crippen LogP contribution in [0.1, 0.15) is 10.4 Å². The zero-order valence-corrected chi connectivity index (χ0v) is 22.1. The molecule has 0 aliphatic rings. The van der Waals surface area contributed by atoms with Crippen molar-refractivity contribution in [2.24, 2.45) is 0 Å². The van der Waals surface area contributed by atoms with E-state index in [1.807, 2.05) is 0 Å². The monoisotopic (exact) mass is 570 g/mol. The minimum absolute atomic E-state index is 0.00193. The van der Waals surface area contributed by atoms with Gasteiger partial charge < -0.3 is 19.5 Å². The molecule has 9 nitrogen and oxygen atoms in total. The third-order valence-corrected chi connectivity index (χ3v) is 7.47. The topological polar surface area (TPSA) is 111 Å². The summed E-state index contributed by atoms with van der Waals surface area (Å²) in [6.07, 6.45) is 0. The van der Waals surface area contributed by atoms with E-state index in [1.54, 1.807) is 0 Å². The van der Waals surface area contributed by atoms with Crippen LogP contribution < -0.4 is 19.1 Å². The first kappa shape index (κ1) is 28.0. The number of hydrogen-bond acceptors (Lipinski definition) is 7. The highest BCUT2D eigenvalue weighted by Gasteiger charge is 2.29. The molecule has 0 saturated carbocycles. The number of amides is 1. The normalized spacial score (nSPS) is 11.0. The number of anilines is 2. The van der Waals surface area contributed by atoms with Crippen LogP contribution >= 0.6 is 23.2 Å². The number of sulfonamides is 1. The largest absolute Gasteiger partial charge is 0.493 e. The first-order chi connectivity index (χ1) is 17.5. The van der Waals surface area contributed by atoms with E-state index in [2.05, 4.69) is 10.1 Å². The maximum absolute atomic E-state index is 13.8. The maximum atomic E-state index is 13.8. The van der Waals surface area contributed by atoms with Crippen LogP contribution in [0.25, 0.3) is 0 Å². The summed E-state index contributed by atoms with van der Waals surface area (Å²) in [4.78, 5) is 24.7. The second-order valence-corrected chi connectivity index (χ2v) is 10.0. The molecule has 196 valence electrons. The molecule has 0 saturated heterocycles. The molecule has 1 amide bonds. The van der Waals surface area contributed by atoms with E-state index >= 15 is 0 Å². The second-order valence-electron chi connectivity index (χ2n) is 7.36. The summed E-state index contributed by atoms with van der Waals surface area (Å²) in [5, 5.41) is 2.27. The molecular weight excluding hydrogens is 550 g/mol. The first-order valence-corrected chi connectivity index (χ1v) is 12.6. The van der Waals surface area contributed by atoms with Gasteiger partial charge in [0.25, 0.3) is 10.0 Å². The summed E-state index contributed by atoms with van der Waals surface area (Å²) in [5.74, 6) is -1.83. The van der Waals surface area contributed by atoms with Gasteiger partial charge in [0.15, 0.2) is 11.5 Å². The van der Waals surface area contributed by atoms with Crippen molar-refractivity contribution in [3.8, 4) is 11.5 Å². The van der Waals surface area contributed by atoms with Gasteiger partial charge in [-0.05, 0) is 48.5 Å². The van der Waals surface area contributed by atoms with Gasteiger partial charge >= 0.3 is 5.97 Å². The number of hydrogen-bond donors (Lipinski definition) is 1. The van der Waals surface area contributed by atoms with Crippen molar-refractivity contribution in [3.63, 3.8) is 0 Å². The van der Waals surface area contributed by atoms with Crippen LogP contribution in [0.4, 0.5) is 15.8 Å². The Kier molecular flexibility index (Phi) is 8.85. The molecule has 0 aromatic heterocycles. The molecule has 0 fully saturated rings. The number of ether oxygens (including phenoxy) is 3. The number of methoxy groups -OCH3 is 3. The van der Waals surface area contributed by atoms with E-state index in [0.29, 0.717) is 5.75 Å². The van der Waals surface area contributed by atoms with Crippen LogP contribution in [0, 0.1) is 5.82 Å². The number of nitrogens with zero attached hydrogens (tertiary/aromatic N) is 1. The zero-order valence-electron chi connectivity index (χ0n) is 19.8. The van der Waals surface area contributed by atoms with E-state index in [9.17, 15) is 22.4 Å². The Morgan fingerprint density at radius 2 is 1.62 bits per heavy atom. The van der Waals surface area contributed by atoms with Crippen molar-refractivity contribution in [3.05, 3.63) is 76.0 Å². The second kappa shape index (κ2) is 11.7. The highest BCUT2D eigenvalue weighted by Crippen LogP contribution is 2.33. The lowest BCUT2D eigenvalue weighted by Gasteiger charge is -2.25. The van der Waals surface area contributed by atoms with Crippen molar-refractivity contribution < 1.29 is 36.6 Å². The molecule has 0 atom stereocenters. The highest BCUT2D eigenvalue weighted by atomic mass is 35.5. The van der Waals surface area contributed by atoms with Crippen molar-refractivity contribution in [2.75, 3.05) is 37.5 Å². The van der Waals surface area contributed by atoms with E-state index in [1.165, 1.54) is 63.8 Å². The number of carbonyl (C=O) groups is 2. The average Bonchev–Trinajstić information content (AvgIpc) is 2.89. The molecular formula is C24H21Cl2FN2O7S. The quantitative estimate of drug-likeness (QED) is 0.369. The summed E-state index contributed by atoms with van der Waals surface area (Å²) >= 11 is 11.9. The molecule has 1 N–H and O–H groups in total. The lowest BCUT2D eigenvalue weighted by Crippen LogP contribution is -2.38. The molecule has 37 heavy (non-hydrogen) atoms. The SMILES string of the molecule is COC(=O)c1cc(NC(=O)CN(c2ccc(F)c(Cl)c2)S(=O)(=O)c2ccc(OC)c(OC)c2)ccc1Cl. The molecule has 0 bridgehead atoms. The van der Waals surface area contributed by atoms with Gasteiger partial charge in [0.05, 0.1) is 47.5 Å². The maximum Gasteiger partial charge on any atom is 0.339 e. The first-order valence-electron chi connectivity index (χ1n) is 10.4. The van der Waals surface area contributed by atoms with Crippen LogP contribution in [0.2, 0.25) is 10.0 Å². The lowest BCUT2D eigenvalue weighted by atomic mass is 10.2. The molecule has 3 aromatic rings. The fourth-order valence-corrected chi connectivity index (χ4v) is 5.06. The number of benzene rings is 3. The summed E-state index contributed by atoms with van der Waals surface area (Å²) in [7, 11) is -0.489. The minimum Gasteiger partial charge on any atom is -0.493 e. The van der Waals surface area contributed by atoms with E-state index < -0.39 is 34.3 Å². The third-order valence-electron chi connectivity index (χ3n) is 5.08. The molecule has 3 aromatic carbocycles. The molecule has 3 rings (SSSR count). The van der Waals surface area contributed by atoms with Gasteiger partial charge in [-0.25, -0.2) is 17.6 Å². The fraction of sp³-hybridized carbons (Fsp3) is 0.167. The smallest absolute Gasteiger partial charge is 0.339 e. The predicted octanol–water partition coefficient (Wildman–Crippen LogP) is 4.77. The Bertz CT molecular complexity index is 1450. The summed E-state index contributed by atoms with van der Waals surface area (Å²) < 4.78 is 56.9. The highest BCUT2D eigenvalue weighted by molar-refractivity contribution is 7.92.